The van der Waals surface area contributed by atoms with Crippen molar-refractivity contribution < 1.29 is 36.3 Å². The van der Waals surface area contributed by atoms with Gasteiger partial charge in [-0.05, 0) is 37.3 Å². The molecule has 29 heavy (non-hydrogen) atoms. The van der Waals surface area contributed by atoms with Crippen molar-refractivity contribution in [1.29, 1.82) is 5.26 Å². The Morgan fingerprint density at radius 1 is 1.00 bits per heavy atom. The summed E-state index contributed by atoms with van der Waals surface area (Å²) in [6, 6.07) is 6.53. The third-order valence-corrected chi connectivity index (χ3v) is 3.55. The second-order valence-corrected chi connectivity index (χ2v) is 5.41. The van der Waals surface area contributed by atoms with E-state index in [2.05, 4.69) is 5.32 Å². The Bertz CT molecular complexity index is 1010. The Labute approximate surface area is 161 Å². The van der Waals surface area contributed by atoms with Crippen LogP contribution in [0.25, 0.3) is 6.08 Å². The van der Waals surface area contributed by atoms with Crippen LogP contribution in [0, 0.1) is 40.4 Å². The molecule has 0 aromatic heterocycles. The van der Waals surface area contributed by atoms with Gasteiger partial charge in [-0.1, -0.05) is 0 Å². The molecule has 0 aliphatic carbocycles. The Kier molecular flexibility index (Phi) is 6.67. The molecule has 0 saturated carbocycles. The largest absolute Gasteiger partial charge is 0.462 e. The zero-order valence-corrected chi connectivity index (χ0v) is 14.7. The lowest BCUT2D eigenvalue weighted by atomic mass is 10.1. The number of nitriles is 1. The molecule has 150 valence electrons. The van der Waals surface area contributed by atoms with E-state index in [4.69, 9.17) is 10.00 Å². The summed E-state index contributed by atoms with van der Waals surface area (Å²) < 4.78 is 71.8. The number of carbonyl (C=O) groups is 2. The molecule has 10 heteroatoms. The quantitative estimate of drug-likeness (QED) is 0.201. The minimum Gasteiger partial charge on any atom is -0.462 e. The molecule has 0 aliphatic heterocycles. The average molecular weight is 410 g/mol. The van der Waals surface area contributed by atoms with E-state index < -0.39 is 52.1 Å². The van der Waals surface area contributed by atoms with Gasteiger partial charge < -0.3 is 10.1 Å². The summed E-state index contributed by atoms with van der Waals surface area (Å²) in [5.41, 5.74) is -2.06. The SMILES string of the molecule is CCOC(=O)c1ccc(NC(=O)/C(C#N)=C/c2c(F)c(F)c(F)c(F)c2F)cc1. The molecule has 1 amide bonds. The predicted octanol–water partition coefficient (Wildman–Crippen LogP) is 4.10. The number of anilines is 1. The van der Waals surface area contributed by atoms with Crippen molar-refractivity contribution in [3.8, 4) is 6.07 Å². The van der Waals surface area contributed by atoms with E-state index in [1.54, 1.807) is 6.92 Å². The zero-order valence-electron chi connectivity index (χ0n) is 14.7. The maximum atomic E-state index is 13.7. The Balaban J connectivity index is 2.31. The van der Waals surface area contributed by atoms with Crippen molar-refractivity contribution >= 4 is 23.6 Å². The van der Waals surface area contributed by atoms with Crippen molar-refractivity contribution in [3.63, 3.8) is 0 Å². The fourth-order valence-electron chi connectivity index (χ4n) is 2.14. The van der Waals surface area contributed by atoms with Crippen LogP contribution in [0.2, 0.25) is 0 Å². The molecule has 1 N–H and O–H groups in total. The number of nitrogens with one attached hydrogen (secondary N) is 1. The summed E-state index contributed by atoms with van der Waals surface area (Å²) in [6.07, 6.45) is 0.249. The van der Waals surface area contributed by atoms with Gasteiger partial charge in [-0.2, -0.15) is 5.26 Å². The molecule has 0 saturated heterocycles. The van der Waals surface area contributed by atoms with E-state index in [-0.39, 0.29) is 23.9 Å². The predicted molar refractivity (Wildman–Crippen MR) is 90.9 cm³/mol. The van der Waals surface area contributed by atoms with Crippen molar-refractivity contribution in [1.82, 2.24) is 0 Å². The number of carbonyl (C=O) groups excluding carboxylic acids is 2. The van der Waals surface area contributed by atoms with E-state index in [0.29, 0.717) is 0 Å². The van der Waals surface area contributed by atoms with Gasteiger partial charge in [-0.15, -0.1) is 0 Å². The van der Waals surface area contributed by atoms with E-state index in [1.807, 2.05) is 0 Å². The summed E-state index contributed by atoms with van der Waals surface area (Å²) in [7, 11) is 0. The minimum absolute atomic E-state index is 0.0987. The highest BCUT2D eigenvalue weighted by Gasteiger charge is 2.25. The van der Waals surface area contributed by atoms with Gasteiger partial charge in [0.25, 0.3) is 5.91 Å². The first-order chi connectivity index (χ1) is 13.7. The molecular formula is C19H11F5N2O3. The monoisotopic (exact) mass is 410 g/mol. The molecule has 0 spiro atoms. The van der Waals surface area contributed by atoms with E-state index >= 15 is 0 Å². The summed E-state index contributed by atoms with van der Waals surface area (Å²) in [4.78, 5) is 23.7. The lowest BCUT2D eigenvalue weighted by Crippen LogP contribution is -2.14. The van der Waals surface area contributed by atoms with Crippen LogP contribution < -0.4 is 5.32 Å². The standard InChI is InChI=1S/C19H11F5N2O3/c1-2-29-19(28)9-3-5-11(6-4-9)26-18(27)10(8-25)7-12-13(20)15(22)17(24)16(23)14(12)21/h3-7H,2H2,1H3,(H,26,27)/b10-7+. The van der Waals surface area contributed by atoms with Crippen molar-refractivity contribution in [3.05, 3.63) is 70.1 Å². The maximum absolute atomic E-state index is 13.7. The first-order valence-corrected chi connectivity index (χ1v) is 7.93. The highest BCUT2D eigenvalue weighted by atomic mass is 19.2. The van der Waals surface area contributed by atoms with Gasteiger partial charge in [0.2, 0.25) is 5.82 Å². The molecule has 2 aromatic rings. The molecule has 0 radical (unpaired) electrons. The molecule has 5 nitrogen and oxygen atoms in total. The Hall–Kier alpha value is -3.74. The Morgan fingerprint density at radius 2 is 1.52 bits per heavy atom. The first-order valence-electron chi connectivity index (χ1n) is 7.93. The van der Waals surface area contributed by atoms with Gasteiger partial charge in [0.15, 0.2) is 23.3 Å². The van der Waals surface area contributed by atoms with Gasteiger partial charge >= 0.3 is 5.97 Å². The van der Waals surface area contributed by atoms with Crippen molar-refractivity contribution in [2.75, 3.05) is 11.9 Å². The smallest absolute Gasteiger partial charge is 0.338 e. The van der Waals surface area contributed by atoms with Crippen LogP contribution in [0.1, 0.15) is 22.8 Å². The minimum atomic E-state index is -2.36. The molecular weight excluding hydrogens is 399 g/mol. The third-order valence-electron chi connectivity index (χ3n) is 3.55. The lowest BCUT2D eigenvalue weighted by Gasteiger charge is -2.07. The average Bonchev–Trinajstić information content (AvgIpc) is 2.71. The van der Waals surface area contributed by atoms with Gasteiger partial charge in [-0.3, -0.25) is 4.79 Å². The van der Waals surface area contributed by atoms with Gasteiger partial charge in [0.1, 0.15) is 11.6 Å². The topological polar surface area (TPSA) is 79.2 Å². The van der Waals surface area contributed by atoms with Crippen LogP contribution in [0.15, 0.2) is 29.8 Å². The lowest BCUT2D eigenvalue weighted by molar-refractivity contribution is -0.112. The molecule has 0 fully saturated rings. The normalized spacial score (nSPS) is 11.0. The van der Waals surface area contributed by atoms with Crippen LogP contribution in [-0.4, -0.2) is 18.5 Å². The number of esters is 1. The van der Waals surface area contributed by atoms with Crippen LogP contribution in [-0.2, 0) is 9.53 Å². The number of hydrogen-bond acceptors (Lipinski definition) is 4. The zero-order chi connectivity index (χ0) is 21.7. The first kappa shape index (κ1) is 21.6. The van der Waals surface area contributed by atoms with Crippen LogP contribution in [0.3, 0.4) is 0 Å². The molecule has 0 heterocycles. The summed E-state index contributed by atoms with van der Waals surface area (Å²) in [5, 5.41) is 11.2. The number of benzene rings is 2. The van der Waals surface area contributed by atoms with Crippen molar-refractivity contribution in [2.24, 2.45) is 0 Å². The number of nitrogens with zero attached hydrogens (tertiary/aromatic N) is 1. The molecule has 0 aliphatic rings. The molecule has 0 bridgehead atoms. The van der Waals surface area contributed by atoms with Crippen LogP contribution in [0.4, 0.5) is 27.6 Å². The summed E-state index contributed by atoms with van der Waals surface area (Å²) >= 11 is 0. The summed E-state index contributed by atoms with van der Waals surface area (Å²) in [5.74, 6) is -12.9. The Morgan fingerprint density at radius 3 is 2.00 bits per heavy atom. The molecule has 0 atom stereocenters. The highest BCUT2D eigenvalue weighted by Crippen LogP contribution is 2.25. The van der Waals surface area contributed by atoms with E-state index in [0.717, 1.165) is 0 Å². The van der Waals surface area contributed by atoms with Gasteiger partial charge in [0, 0.05) is 5.69 Å². The third kappa shape index (κ3) is 4.57. The maximum Gasteiger partial charge on any atom is 0.338 e. The van der Waals surface area contributed by atoms with Crippen molar-refractivity contribution in [2.45, 2.75) is 6.92 Å². The van der Waals surface area contributed by atoms with Crippen LogP contribution >= 0.6 is 0 Å². The second kappa shape index (κ2) is 8.97. The van der Waals surface area contributed by atoms with Crippen LogP contribution in [0.5, 0.6) is 0 Å². The summed E-state index contributed by atoms with van der Waals surface area (Å²) in [6.45, 7) is 1.78. The molecule has 2 rings (SSSR count). The number of rotatable bonds is 5. The van der Waals surface area contributed by atoms with E-state index in [9.17, 15) is 31.5 Å². The van der Waals surface area contributed by atoms with E-state index in [1.165, 1.54) is 30.3 Å². The highest BCUT2D eigenvalue weighted by molar-refractivity contribution is 6.09. The number of halogens is 5. The molecule has 2 aromatic carbocycles. The fraction of sp³-hybridized carbons (Fsp3) is 0.105. The fourth-order valence-corrected chi connectivity index (χ4v) is 2.14. The van der Waals surface area contributed by atoms with Gasteiger partial charge in [-0.25, -0.2) is 26.7 Å². The number of amides is 1. The molecule has 0 unspecified atom stereocenters. The second-order valence-electron chi connectivity index (χ2n) is 5.41. The number of hydrogen-bond donors (Lipinski definition) is 1. The number of ether oxygens (including phenoxy) is 1. The van der Waals surface area contributed by atoms with Gasteiger partial charge in [0.05, 0.1) is 17.7 Å².